The van der Waals surface area contributed by atoms with Gasteiger partial charge in [-0.05, 0) is 60.7 Å². The van der Waals surface area contributed by atoms with Crippen LogP contribution in [0.3, 0.4) is 0 Å². The molecule has 1 aliphatic rings. The lowest BCUT2D eigenvalue weighted by molar-refractivity contribution is 0.350. The molecule has 0 spiro atoms. The van der Waals surface area contributed by atoms with Crippen molar-refractivity contribution in [1.29, 1.82) is 0 Å². The van der Waals surface area contributed by atoms with Crippen molar-refractivity contribution in [1.82, 2.24) is 5.32 Å². The van der Waals surface area contributed by atoms with Gasteiger partial charge in [0.2, 0.25) is 0 Å². The highest BCUT2D eigenvalue weighted by atomic mass is 16.5. The Labute approximate surface area is 141 Å². The molecule has 0 aliphatic carbocycles. The maximum atomic E-state index is 9.81. The number of hydrogen-bond donors (Lipinski definition) is 3. The Morgan fingerprint density at radius 3 is 2.21 bits per heavy atom. The molecule has 0 saturated heterocycles. The van der Waals surface area contributed by atoms with E-state index in [1.54, 1.807) is 26.4 Å². The van der Waals surface area contributed by atoms with Gasteiger partial charge in [0.05, 0.1) is 14.2 Å². The van der Waals surface area contributed by atoms with Gasteiger partial charge in [0.1, 0.15) is 0 Å². The SMILES string of the molecule is COc1ccc2c(c1OC)CNCCc1cc(O)c(O)cc1CC2. The van der Waals surface area contributed by atoms with Crippen molar-refractivity contribution in [3.05, 3.63) is 46.5 Å². The number of nitrogens with one attached hydrogen (secondary N) is 1. The molecule has 2 aromatic rings. The first-order valence-electron chi connectivity index (χ1n) is 8.11. The zero-order valence-electron chi connectivity index (χ0n) is 14.1. The first-order valence-corrected chi connectivity index (χ1v) is 8.11. The lowest BCUT2D eigenvalue weighted by Gasteiger charge is -2.20. The predicted octanol–water partition coefficient (Wildman–Crippen LogP) is 2.55. The van der Waals surface area contributed by atoms with Gasteiger partial charge in [0.15, 0.2) is 23.0 Å². The Morgan fingerprint density at radius 1 is 0.875 bits per heavy atom. The number of hydrogen-bond acceptors (Lipinski definition) is 5. The topological polar surface area (TPSA) is 71.0 Å². The first-order chi connectivity index (χ1) is 11.6. The fraction of sp³-hybridized carbons (Fsp3) is 0.368. The number of benzene rings is 2. The summed E-state index contributed by atoms with van der Waals surface area (Å²) in [5, 5.41) is 23.0. The van der Waals surface area contributed by atoms with Crippen LogP contribution >= 0.6 is 0 Å². The highest BCUT2D eigenvalue weighted by molar-refractivity contribution is 5.52. The fourth-order valence-corrected chi connectivity index (χ4v) is 3.29. The Bertz CT molecular complexity index is 743. The van der Waals surface area contributed by atoms with Crippen LogP contribution in [0.25, 0.3) is 0 Å². The van der Waals surface area contributed by atoms with E-state index in [0.717, 1.165) is 54.0 Å². The summed E-state index contributed by atoms with van der Waals surface area (Å²) in [4.78, 5) is 0. The number of phenolic OH excluding ortho intramolecular Hbond substituents is 2. The molecule has 3 N–H and O–H groups in total. The van der Waals surface area contributed by atoms with Crippen molar-refractivity contribution in [2.75, 3.05) is 20.8 Å². The molecule has 0 amide bonds. The Hall–Kier alpha value is -2.40. The van der Waals surface area contributed by atoms with E-state index in [-0.39, 0.29) is 11.5 Å². The van der Waals surface area contributed by atoms with Gasteiger partial charge in [0.25, 0.3) is 0 Å². The van der Waals surface area contributed by atoms with Crippen molar-refractivity contribution >= 4 is 0 Å². The summed E-state index contributed by atoms with van der Waals surface area (Å²) < 4.78 is 11.0. The van der Waals surface area contributed by atoms with Crippen LogP contribution in [0.15, 0.2) is 24.3 Å². The number of aryl methyl sites for hydroxylation is 2. The Morgan fingerprint density at radius 2 is 1.54 bits per heavy atom. The molecule has 0 saturated carbocycles. The van der Waals surface area contributed by atoms with Crippen molar-refractivity contribution < 1.29 is 19.7 Å². The molecule has 5 nitrogen and oxygen atoms in total. The van der Waals surface area contributed by atoms with Crippen molar-refractivity contribution in [2.24, 2.45) is 0 Å². The maximum absolute atomic E-state index is 9.81. The van der Waals surface area contributed by atoms with Gasteiger partial charge in [-0.25, -0.2) is 0 Å². The van der Waals surface area contributed by atoms with Gasteiger partial charge in [-0.3, -0.25) is 0 Å². The predicted molar refractivity (Wildman–Crippen MR) is 92.1 cm³/mol. The van der Waals surface area contributed by atoms with Gasteiger partial charge in [-0.15, -0.1) is 0 Å². The molecule has 5 heteroatoms. The van der Waals surface area contributed by atoms with Crippen LogP contribution in [-0.2, 0) is 25.8 Å². The van der Waals surface area contributed by atoms with Crippen LogP contribution in [0.1, 0.15) is 22.3 Å². The highest BCUT2D eigenvalue weighted by Crippen LogP contribution is 2.35. The summed E-state index contributed by atoms with van der Waals surface area (Å²) in [5.41, 5.74) is 4.44. The summed E-state index contributed by atoms with van der Waals surface area (Å²) in [7, 11) is 3.30. The number of ether oxygens (including phenoxy) is 2. The zero-order chi connectivity index (χ0) is 17.1. The molecule has 24 heavy (non-hydrogen) atoms. The quantitative estimate of drug-likeness (QED) is 0.739. The molecule has 1 heterocycles. The van der Waals surface area contributed by atoms with Crippen LogP contribution in [0.4, 0.5) is 0 Å². The minimum atomic E-state index is -0.0636. The average molecular weight is 329 g/mol. The molecule has 128 valence electrons. The lowest BCUT2D eigenvalue weighted by Crippen LogP contribution is -2.20. The van der Waals surface area contributed by atoms with Crippen molar-refractivity contribution in [3.63, 3.8) is 0 Å². The normalized spacial score (nSPS) is 14.4. The van der Waals surface area contributed by atoms with E-state index in [1.807, 2.05) is 6.07 Å². The van der Waals surface area contributed by atoms with E-state index >= 15 is 0 Å². The van der Waals surface area contributed by atoms with Gasteiger partial charge < -0.3 is 25.0 Å². The second-order valence-corrected chi connectivity index (χ2v) is 5.98. The van der Waals surface area contributed by atoms with Gasteiger partial charge in [-0.2, -0.15) is 0 Å². The highest BCUT2D eigenvalue weighted by Gasteiger charge is 2.17. The van der Waals surface area contributed by atoms with Gasteiger partial charge >= 0.3 is 0 Å². The molecule has 0 unspecified atom stereocenters. The summed E-state index contributed by atoms with van der Waals surface area (Å²) in [6, 6.07) is 7.34. The van der Waals surface area contributed by atoms with Crippen molar-refractivity contribution in [3.8, 4) is 23.0 Å². The summed E-state index contributed by atoms with van der Waals surface area (Å²) in [6.07, 6.45) is 2.42. The van der Waals surface area contributed by atoms with Crippen LogP contribution < -0.4 is 14.8 Å². The fourth-order valence-electron chi connectivity index (χ4n) is 3.29. The second kappa shape index (κ2) is 7.01. The minimum Gasteiger partial charge on any atom is -0.504 e. The number of rotatable bonds is 2. The standard InChI is InChI=1S/C19H23NO4/c1-23-18-6-5-12-3-4-13-9-16(21)17(22)10-14(13)7-8-20-11-15(12)19(18)24-2/h5-6,9-10,20-22H,3-4,7-8,11H2,1-2H3. The van der Waals surface area contributed by atoms with Crippen molar-refractivity contribution in [2.45, 2.75) is 25.8 Å². The smallest absolute Gasteiger partial charge is 0.165 e. The third kappa shape index (κ3) is 3.12. The van der Waals surface area contributed by atoms with Gasteiger partial charge in [0, 0.05) is 12.1 Å². The lowest BCUT2D eigenvalue weighted by atomic mass is 9.93. The van der Waals surface area contributed by atoms with E-state index < -0.39 is 0 Å². The third-order valence-electron chi connectivity index (χ3n) is 4.58. The molecule has 0 fully saturated rings. The number of aromatic hydroxyl groups is 2. The van der Waals surface area contributed by atoms with E-state index in [1.165, 1.54) is 5.56 Å². The van der Waals surface area contributed by atoms with Crippen LogP contribution in [0.2, 0.25) is 0 Å². The average Bonchev–Trinajstić information content (AvgIpc) is 2.59. The molecule has 0 bridgehead atoms. The summed E-state index contributed by atoms with van der Waals surface area (Å²) >= 11 is 0. The molecule has 0 atom stereocenters. The molecule has 3 rings (SSSR count). The number of methoxy groups -OCH3 is 2. The number of fused-ring (bicyclic) bond motifs is 2. The molecule has 1 aliphatic heterocycles. The minimum absolute atomic E-state index is 0.0578. The summed E-state index contributed by atoms with van der Waals surface area (Å²) in [6.45, 7) is 1.48. The van der Waals surface area contributed by atoms with Crippen LogP contribution in [0.5, 0.6) is 23.0 Å². The Balaban J connectivity index is 1.99. The van der Waals surface area contributed by atoms with E-state index in [9.17, 15) is 10.2 Å². The molecule has 0 radical (unpaired) electrons. The maximum Gasteiger partial charge on any atom is 0.165 e. The van der Waals surface area contributed by atoms with E-state index in [0.29, 0.717) is 6.54 Å². The molecular weight excluding hydrogens is 306 g/mol. The largest absolute Gasteiger partial charge is 0.504 e. The molecule has 0 aromatic heterocycles. The second-order valence-electron chi connectivity index (χ2n) is 5.98. The summed E-state index contributed by atoms with van der Waals surface area (Å²) in [5.74, 6) is 1.39. The Kier molecular flexibility index (Phi) is 4.81. The van der Waals surface area contributed by atoms with Gasteiger partial charge in [-0.1, -0.05) is 6.07 Å². The van der Waals surface area contributed by atoms with E-state index in [2.05, 4.69) is 11.4 Å². The third-order valence-corrected chi connectivity index (χ3v) is 4.58. The zero-order valence-corrected chi connectivity index (χ0v) is 14.1. The van der Waals surface area contributed by atoms with E-state index in [4.69, 9.17) is 9.47 Å². The first kappa shape index (κ1) is 16.5. The molecular formula is C19H23NO4. The van der Waals surface area contributed by atoms with Crippen LogP contribution in [0, 0.1) is 0 Å². The number of phenols is 2. The molecule has 2 aromatic carbocycles. The van der Waals surface area contributed by atoms with Crippen LogP contribution in [-0.4, -0.2) is 31.0 Å². The monoisotopic (exact) mass is 329 g/mol.